The minimum Gasteiger partial charge on any atom is -0.291 e. The van der Waals surface area contributed by atoms with Crippen LogP contribution < -0.4 is 4.90 Å². The van der Waals surface area contributed by atoms with Gasteiger partial charge in [-0.15, -0.1) is 0 Å². The number of para-hydroxylation sites is 1. The number of ketones is 1. The Bertz CT molecular complexity index is 736. The van der Waals surface area contributed by atoms with E-state index >= 15 is 0 Å². The second kappa shape index (κ2) is 5.66. The van der Waals surface area contributed by atoms with Crippen molar-refractivity contribution in [1.82, 2.24) is 14.7 Å². The average Bonchev–Trinajstić information content (AvgIpc) is 2.94. The summed E-state index contributed by atoms with van der Waals surface area (Å²) in [4.78, 5) is 27.6. The first-order chi connectivity index (χ1) is 10.5. The third kappa shape index (κ3) is 2.46. The summed E-state index contributed by atoms with van der Waals surface area (Å²) >= 11 is 3.46. The van der Waals surface area contributed by atoms with Gasteiger partial charge in [-0.25, -0.2) is 0 Å². The average molecular weight is 363 g/mol. The van der Waals surface area contributed by atoms with E-state index in [1.165, 1.54) is 4.90 Å². The number of aryl methyl sites for hydroxylation is 1. The molecule has 0 saturated heterocycles. The van der Waals surface area contributed by atoms with Crippen molar-refractivity contribution in [3.05, 3.63) is 46.2 Å². The summed E-state index contributed by atoms with van der Waals surface area (Å²) in [5.41, 5.74) is 2.16. The molecule has 1 aliphatic rings. The summed E-state index contributed by atoms with van der Waals surface area (Å²) in [6.07, 6.45) is 1.74. The minimum absolute atomic E-state index is 0.346. The van der Waals surface area contributed by atoms with Gasteiger partial charge in [-0.3, -0.25) is 24.1 Å². The van der Waals surface area contributed by atoms with Gasteiger partial charge in [0, 0.05) is 13.6 Å². The first-order valence-electron chi connectivity index (χ1n) is 6.79. The van der Waals surface area contributed by atoms with E-state index < -0.39 is 11.7 Å². The first kappa shape index (κ1) is 14.9. The fraction of sp³-hybridized carbons (Fsp3) is 0.267. The lowest BCUT2D eigenvalue weighted by Crippen LogP contribution is -2.39. The molecule has 1 aromatic heterocycles. The number of rotatable bonds is 4. The second-order valence-electron chi connectivity index (χ2n) is 5.30. The Hall–Kier alpha value is -1.99. The second-order valence-corrected chi connectivity index (χ2v) is 6.15. The normalized spacial score (nSPS) is 14.1. The molecule has 1 aromatic carbocycles. The number of Topliss-reactive ketones (excluding diaryl/α,β-unsaturated/α-hetero) is 1. The molecule has 114 valence electrons. The SMILES string of the molecule is CN(Cc1c(Br)cnn1C)CN1C(=O)C(=O)c2ccccc21. The number of anilines is 1. The zero-order chi connectivity index (χ0) is 15.9. The fourth-order valence-corrected chi connectivity index (χ4v) is 3.02. The van der Waals surface area contributed by atoms with Crippen LogP contribution in [0, 0.1) is 0 Å². The Labute approximate surface area is 136 Å². The molecule has 0 spiro atoms. The Morgan fingerprint density at radius 1 is 1.27 bits per heavy atom. The zero-order valence-electron chi connectivity index (χ0n) is 12.3. The van der Waals surface area contributed by atoms with E-state index in [2.05, 4.69) is 21.0 Å². The van der Waals surface area contributed by atoms with Crippen LogP contribution in [0.3, 0.4) is 0 Å². The van der Waals surface area contributed by atoms with Crippen molar-refractivity contribution < 1.29 is 9.59 Å². The van der Waals surface area contributed by atoms with Crippen LogP contribution in [0.1, 0.15) is 16.1 Å². The molecule has 0 N–H and O–H groups in total. The van der Waals surface area contributed by atoms with Crippen LogP contribution in [-0.4, -0.2) is 40.1 Å². The lowest BCUT2D eigenvalue weighted by atomic mass is 10.1. The molecule has 1 aliphatic heterocycles. The van der Waals surface area contributed by atoms with E-state index in [9.17, 15) is 9.59 Å². The number of carbonyl (C=O) groups is 2. The number of nitrogens with zero attached hydrogens (tertiary/aromatic N) is 4. The Kier molecular flexibility index (Phi) is 3.84. The maximum Gasteiger partial charge on any atom is 0.300 e. The van der Waals surface area contributed by atoms with Crippen LogP contribution in [0.4, 0.5) is 5.69 Å². The molecule has 2 heterocycles. The van der Waals surface area contributed by atoms with Crippen molar-refractivity contribution in [1.29, 1.82) is 0 Å². The quantitative estimate of drug-likeness (QED) is 0.778. The topological polar surface area (TPSA) is 58.4 Å². The Morgan fingerprint density at radius 3 is 2.68 bits per heavy atom. The molecule has 0 aliphatic carbocycles. The summed E-state index contributed by atoms with van der Waals surface area (Å²) in [5.74, 6) is -0.914. The van der Waals surface area contributed by atoms with Crippen molar-refractivity contribution >= 4 is 33.3 Å². The van der Waals surface area contributed by atoms with Crippen LogP contribution in [0.25, 0.3) is 0 Å². The summed E-state index contributed by atoms with van der Waals surface area (Å²) in [7, 11) is 3.77. The van der Waals surface area contributed by atoms with Crippen LogP contribution >= 0.6 is 15.9 Å². The molecule has 0 atom stereocenters. The van der Waals surface area contributed by atoms with Gasteiger partial charge in [0.2, 0.25) is 0 Å². The highest BCUT2D eigenvalue weighted by atomic mass is 79.9. The third-order valence-electron chi connectivity index (χ3n) is 3.69. The maximum absolute atomic E-state index is 12.2. The minimum atomic E-state index is -0.475. The number of fused-ring (bicyclic) bond motifs is 1. The molecule has 3 rings (SSSR count). The lowest BCUT2D eigenvalue weighted by Gasteiger charge is -2.24. The highest BCUT2D eigenvalue weighted by Gasteiger charge is 2.35. The summed E-state index contributed by atoms with van der Waals surface area (Å²) < 4.78 is 2.71. The highest BCUT2D eigenvalue weighted by Crippen LogP contribution is 2.28. The fourth-order valence-electron chi connectivity index (χ4n) is 2.55. The highest BCUT2D eigenvalue weighted by molar-refractivity contribution is 9.10. The molecule has 0 unspecified atom stereocenters. The van der Waals surface area contributed by atoms with Crippen molar-refractivity contribution in [2.45, 2.75) is 6.54 Å². The van der Waals surface area contributed by atoms with Gasteiger partial charge < -0.3 is 0 Å². The van der Waals surface area contributed by atoms with Gasteiger partial charge in [0.15, 0.2) is 0 Å². The molecule has 0 fully saturated rings. The van der Waals surface area contributed by atoms with Gasteiger partial charge in [0.25, 0.3) is 5.78 Å². The molecule has 22 heavy (non-hydrogen) atoms. The van der Waals surface area contributed by atoms with Crippen LogP contribution in [0.15, 0.2) is 34.9 Å². The number of hydrogen-bond acceptors (Lipinski definition) is 4. The molecule has 0 radical (unpaired) electrons. The van der Waals surface area contributed by atoms with Crippen LogP contribution in [0.2, 0.25) is 0 Å². The maximum atomic E-state index is 12.2. The Morgan fingerprint density at radius 2 is 2.00 bits per heavy atom. The van der Waals surface area contributed by atoms with Gasteiger partial charge in [-0.05, 0) is 35.1 Å². The van der Waals surface area contributed by atoms with Crippen molar-refractivity contribution in [2.24, 2.45) is 7.05 Å². The molecule has 0 saturated carbocycles. The number of carbonyl (C=O) groups excluding carboxylic acids is 2. The van der Waals surface area contributed by atoms with E-state index in [0.717, 1.165) is 10.2 Å². The molecular weight excluding hydrogens is 348 g/mol. The number of hydrogen-bond donors (Lipinski definition) is 0. The van der Waals surface area contributed by atoms with E-state index in [0.29, 0.717) is 24.5 Å². The molecular formula is C15H15BrN4O2. The summed E-state index contributed by atoms with van der Waals surface area (Å²) in [6.45, 7) is 0.955. The largest absolute Gasteiger partial charge is 0.300 e. The van der Waals surface area contributed by atoms with Crippen molar-refractivity contribution in [3.63, 3.8) is 0 Å². The molecule has 1 amide bonds. The van der Waals surface area contributed by atoms with E-state index in [1.807, 2.05) is 25.1 Å². The van der Waals surface area contributed by atoms with Crippen molar-refractivity contribution in [2.75, 3.05) is 18.6 Å². The monoisotopic (exact) mass is 362 g/mol. The predicted octanol–water partition coefficient (Wildman–Crippen LogP) is 1.80. The summed E-state index contributed by atoms with van der Waals surface area (Å²) in [6, 6.07) is 7.08. The van der Waals surface area contributed by atoms with Gasteiger partial charge in [-0.1, -0.05) is 12.1 Å². The van der Waals surface area contributed by atoms with Crippen LogP contribution in [0.5, 0.6) is 0 Å². The first-order valence-corrected chi connectivity index (χ1v) is 7.58. The lowest BCUT2D eigenvalue weighted by molar-refractivity contribution is -0.114. The van der Waals surface area contributed by atoms with Gasteiger partial charge >= 0.3 is 5.91 Å². The molecule has 7 heteroatoms. The number of aromatic nitrogens is 2. The van der Waals surface area contributed by atoms with E-state index in [1.54, 1.807) is 29.1 Å². The molecule has 2 aromatic rings. The molecule has 0 bridgehead atoms. The van der Waals surface area contributed by atoms with Crippen molar-refractivity contribution in [3.8, 4) is 0 Å². The standard InChI is InChI=1S/C15H15BrN4O2/c1-18(8-13-11(16)7-17-19(13)2)9-20-12-6-4-3-5-10(12)14(21)15(20)22/h3-7H,8-9H2,1-2H3. The van der Waals surface area contributed by atoms with Gasteiger partial charge in [0.1, 0.15) is 0 Å². The smallest absolute Gasteiger partial charge is 0.291 e. The van der Waals surface area contributed by atoms with Crippen LogP contribution in [-0.2, 0) is 18.4 Å². The zero-order valence-corrected chi connectivity index (χ0v) is 13.9. The van der Waals surface area contributed by atoms with Gasteiger partial charge in [-0.2, -0.15) is 5.10 Å². The number of amides is 1. The molecule has 6 nitrogen and oxygen atoms in total. The van der Waals surface area contributed by atoms with E-state index in [4.69, 9.17) is 0 Å². The third-order valence-corrected chi connectivity index (χ3v) is 4.35. The van der Waals surface area contributed by atoms with Gasteiger partial charge in [0.05, 0.1) is 34.3 Å². The predicted molar refractivity (Wildman–Crippen MR) is 85.5 cm³/mol. The summed E-state index contributed by atoms with van der Waals surface area (Å²) in [5, 5.41) is 4.17. The number of halogens is 1. The van der Waals surface area contributed by atoms with E-state index in [-0.39, 0.29) is 0 Å². The number of benzene rings is 1. The Balaban J connectivity index is 1.79.